The first-order valence-corrected chi connectivity index (χ1v) is 8.83. The van der Waals surface area contributed by atoms with Gasteiger partial charge in [-0.2, -0.15) is 5.26 Å². The molecule has 0 bridgehead atoms. The van der Waals surface area contributed by atoms with Gasteiger partial charge >= 0.3 is 6.09 Å². The SMILES string of the molecule is N#CCNC(=O)[C@H](Cn1ccc2ccccc21)NC(=O)OCc1ccccc1. The maximum absolute atomic E-state index is 12.4. The molecule has 1 heterocycles. The van der Waals surface area contributed by atoms with Gasteiger partial charge in [-0.05, 0) is 23.1 Å². The summed E-state index contributed by atoms with van der Waals surface area (Å²) in [6.45, 7) is 0.180. The van der Waals surface area contributed by atoms with Gasteiger partial charge in [-0.1, -0.05) is 48.5 Å². The summed E-state index contributed by atoms with van der Waals surface area (Å²) in [5, 5.41) is 14.8. The van der Waals surface area contributed by atoms with E-state index in [1.165, 1.54) is 0 Å². The second-order valence-electron chi connectivity index (χ2n) is 6.16. The topological polar surface area (TPSA) is 96.1 Å². The third-order valence-corrected chi connectivity index (χ3v) is 4.22. The summed E-state index contributed by atoms with van der Waals surface area (Å²) in [4.78, 5) is 24.6. The maximum Gasteiger partial charge on any atom is 0.408 e. The highest BCUT2D eigenvalue weighted by atomic mass is 16.5. The summed E-state index contributed by atoms with van der Waals surface area (Å²) in [5.74, 6) is -0.448. The van der Waals surface area contributed by atoms with Crippen LogP contribution in [0, 0.1) is 11.3 Å². The van der Waals surface area contributed by atoms with Crippen molar-refractivity contribution in [2.75, 3.05) is 6.54 Å². The van der Waals surface area contributed by atoms with E-state index in [9.17, 15) is 9.59 Å². The first kappa shape index (κ1) is 19.0. The summed E-state index contributed by atoms with van der Waals surface area (Å²) >= 11 is 0. The lowest BCUT2D eigenvalue weighted by atomic mass is 10.2. The molecule has 0 saturated carbocycles. The molecule has 0 spiro atoms. The number of alkyl carbamates (subject to hydrolysis) is 1. The Bertz CT molecular complexity index is 992. The first-order chi connectivity index (χ1) is 13.7. The fraction of sp³-hybridized carbons (Fsp3) is 0.190. The molecule has 0 unspecified atom stereocenters. The van der Waals surface area contributed by atoms with Gasteiger partial charge < -0.3 is 19.9 Å². The number of hydrogen-bond acceptors (Lipinski definition) is 4. The van der Waals surface area contributed by atoms with Crippen molar-refractivity contribution in [1.29, 1.82) is 5.26 Å². The molecule has 2 N–H and O–H groups in total. The first-order valence-electron chi connectivity index (χ1n) is 8.83. The van der Waals surface area contributed by atoms with Crippen molar-refractivity contribution in [2.24, 2.45) is 0 Å². The molecule has 2 aromatic carbocycles. The zero-order valence-electron chi connectivity index (χ0n) is 15.2. The van der Waals surface area contributed by atoms with Crippen LogP contribution in [-0.2, 0) is 22.7 Å². The molecule has 0 radical (unpaired) electrons. The number of carbonyl (C=O) groups is 2. The van der Waals surface area contributed by atoms with Crippen molar-refractivity contribution in [3.05, 3.63) is 72.4 Å². The summed E-state index contributed by atoms with van der Waals surface area (Å²) in [6.07, 6.45) is 1.16. The number of nitriles is 1. The van der Waals surface area contributed by atoms with E-state index in [0.29, 0.717) is 0 Å². The average molecular weight is 376 g/mol. The van der Waals surface area contributed by atoms with E-state index in [0.717, 1.165) is 16.5 Å². The smallest absolute Gasteiger partial charge is 0.408 e. The van der Waals surface area contributed by atoms with Crippen LogP contribution in [0.1, 0.15) is 5.56 Å². The van der Waals surface area contributed by atoms with Gasteiger partial charge in [0, 0.05) is 11.7 Å². The van der Waals surface area contributed by atoms with Crippen LogP contribution < -0.4 is 10.6 Å². The van der Waals surface area contributed by atoms with Gasteiger partial charge in [-0.25, -0.2) is 4.79 Å². The van der Waals surface area contributed by atoms with E-state index in [1.54, 1.807) is 0 Å². The number of nitrogens with one attached hydrogen (secondary N) is 2. The van der Waals surface area contributed by atoms with Crippen LogP contribution >= 0.6 is 0 Å². The predicted octanol–water partition coefficient (Wildman–Crippen LogP) is 2.58. The summed E-state index contributed by atoms with van der Waals surface area (Å²) in [6, 6.07) is 19.9. The molecular formula is C21H20N4O3. The number of amides is 2. The van der Waals surface area contributed by atoms with Crippen molar-refractivity contribution in [1.82, 2.24) is 15.2 Å². The Balaban J connectivity index is 1.68. The van der Waals surface area contributed by atoms with Gasteiger partial charge in [0.05, 0.1) is 12.6 Å². The predicted molar refractivity (Wildman–Crippen MR) is 104 cm³/mol. The second-order valence-corrected chi connectivity index (χ2v) is 6.16. The lowest BCUT2D eigenvalue weighted by Crippen LogP contribution is -2.49. The van der Waals surface area contributed by atoms with Crippen molar-refractivity contribution in [2.45, 2.75) is 19.2 Å². The molecule has 7 heteroatoms. The zero-order chi connectivity index (χ0) is 19.8. The van der Waals surface area contributed by atoms with Crippen LogP contribution in [-0.4, -0.2) is 29.2 Å². The van der Waals surface area contributed by atoms with Crippen LogP contribution in [0.4, 0.5) is 4.79 Å². The van der Waals surface area contributed by atoms with Crippen molar-refractivity contribution < 1.29 is 14.3 Å². The monoisotopic (exact) mass is 376 g/mol. The molecule has 1 aromatic heterocycles. The summed E-state index contributed by atoms with van der Waals surface area (Å²) in [5.41, 5.74) is 1.79. The number of ether oxygens (including phenoxy) is 1. The number of fused-ring (bicyclic) bond motifs is 1. The number of aromatic nitrogens is 1. The summed E-state index contributed by atoms with van der Waals surface area (Å²) < 4.78 is 7.09. The van der Waals surface area contributed by atoms with Crippen LogP contribution in [0.25, 0.3) is 10.9 Å². The average Bonchev–Trinajstić information content (AvgIpc) is 3.13. The number of rotatable bonds is 7. The fourth-order valence-electron chi connectivity index (χ4n) is 2.85. The molecule has 1 atom stereocenters. The Morgan fingerprint density at radius 2 is 1.82 bits per heavy atom. The van der Waals surface area contributed by atoms with Crippen LogP contribution in [0.15, 0.2) is 66.9 Å². The Kier molecular flexibility index (Phi) is 6.26. The van der Waals surface area contributed by atoms with Crippen molar-refractivity contribution in [3.63, 3.8) is 0 Å². The van der Waals surface area contributed by atoms with Gasteiger partial charge in [-0.3, -0.25) is 4.79 Å². The number of carbonyl (C=O) groups excluding carboxylic acids is 2. The van der Waals surface area contributed by atoms with Gasteiger partial charge in [-0.15, -0.1) is 0 Å². The largest absolute Gasteiger partial charge is 0.445 e. The van der Waals surface area contributed by atoms with Crippen molar-refractivity contribution >= 4 is 22.9 Å². The molecule has 0 aliphatic heterocycles. The van der Waals surface area contributed by atoms with Crippen LogP contribution in [0.5, 0.6) is 0 Å². The highest BCUT2D eigenvalue weighted by Crippen LogP contribution is 2.15. The van der Waals surface area contributed by atoms with E-state index in [4.69, 9.17) is 10.00 Å². The molecule has 3 aromatic rings. The molecular weight excluding hydrogens is 356 g/mol. The van der Waals surface area contributed by atoms with E-state index in [1.807, 2.05) is 77.5 Å². The van der Waals surface area contributed by atoms with Crippen LogP contribution in [0.3, 0.4) is 0 Å². The minimum atomic E-state index is -0.882. The molecule has 0 saturated heterocycles. The minimum absolute atomic E-state index is 0.103. The maximum atomic E-state index is 12.4. The molecule has 0 fully saturated rings. The lowest BCUT2D eigenvalue weighted by Gasteiger charge is -2.19. The standard InChI is InChI=1S/C21H20N4O3/c22-11-12-23-20(26)18(14-25-13-10-17-8-4-5-9-19(17)25)24-21(27)28-15-16-6-2-1-3-7-16/h1-10,13,18H,12,14-15H2,(H,23,26)(H,24,27)/t18-/m0/s1. The lowest BCUT2D eigenvalue weighted by molar-refractivity contribution is -0.123. The second kappa shape index (κ2) is 9.24. The van der Waals surface area contributed by atoms with E-state index in [-0.39, 0.29) is 19.7 Å². The van der Waals surface area contributed by atoms with E-state index < -0.39 is 18.0 Å². The molecule has 7 nitrogen and oxygen atoms in total. The zero-order valence-corrected chi connectivity index (χ0v) is 15.2. The Hall–Kier alpha value is -3.79. The third kappa shape index (κ3) is 4.89. The number of nitrogens with zero attached hydrogens (tertiary/aromatic N) is 2. The molecule has 28 heavy (non-hydrogen) atoms. The fourth-order valence-corrected chi connectivity index (χ4v) is 2.85. The third-order valence-electron chi connectivity index (χ3n) is 4.22. The molecule has 142 valence electrons. The number of hydrogen-bond donors (Lipinski definition) is 2. The van der Waals surface area contributed by atoms with E-state index in [2.05, 4.69) is 10.6 Å². The van der Waals surface area contributed by atoms with E-state index >= 15 is 0 Å². The highest BCUT2D eigenvalue weighted by Gasteiger charge is 2.22. The molecule has 3 rings (SSSR count). The van der Waals surface area contributed by atoms with Gasteiger partial charge in [0.25, 0.3) is 0 Å². The number of benzene rings is 2. The Morgan fingerprint density at radius 1 is 1.07 bits per heavy atom. The molecule has 0 aliphatic carbocycles. The van der Waals surface area contributed by atoms with Gasteiger partial charge in [0.15, 0.2) is 0 Å². The Labute approximate surface area is 162 Å². The van der Waals surface area contributed by atoms with Crippen molar-refractivity contribution in [3.8, 4) is 6.07 Å². The van der Waals surface area contributed by atoms with Gasteiger partial charge in [0.2, 0.25) is 5.91 Å². The number of para-hydroxylation sites is 1. The highest BCUT2D eigenvalue weighted by molar-refractivity contribution is 5.86. The van der Waals surface area contributed by atoms with Gasteiger partial charge in [0.1, 0.15) is 19.2 Å². The van der Waals surface area contributed by atoms with Crippen LogP contribution in [0.2, 0.25) is 0 Å². The molecule has 2 amide bonds. The minimum Gasteiger partial charge on any atom is -0.445 e. The molecule has 0 aliphatic rings. The summed E-state index contributed by atoms with van der Waals surface area (Å²) in [7, 11) is 0. The normalized spacial score (nSPS) is 11.4. The Morgan fingerprint density at radius 3 is 2.61 bits per heavy atom. The quantitative estimate of drug-likeness (QED) is 0.620.